The van der Waals surface area contributed by atoms with E-state index in [0.29, 0.717) is 5.16 Å². The maximum Gasteiger partial charge on any atom is 0.250 e. The number of hydrazone groups is 1. The second-order valence-corrected chi connectivity index (χ2v) is 12.2. The molecule has 0 radical (unpaired) electrons. The van der Waals surface area contributed by atoms with Gasteiger partial charge in [0.05, 0.1) is 29.0 Å². The van der Waals surface area contributed by atoms with Crippen molar-refractivity contribution in [3.63, 3.8) is 0 Å². The Morgan fingerprint density at radius 3 is 2.26 bits per heavy atom. The van der Waals surface area contributed by atoms with Gasteiger partial charge >= 0.3 is 0 Å². The molecule has 3 aromatic carbocycles. The Labute approximate surface area is 250 Å². The molecule has 2 heterocycles. The van der Waals surface area contributed by atoms with Crippen molar-refractivity contribution in [3.8, 4) is 22.8 Å². The van der Waals surface area contributed by atoms with Gasteiger partial charge in [-0.05, 0) is 56.0 Å². The number of benzene rings is 3. The van der Waals surface area contributed by atoms with Crippen LogP contribution < -0.4 is 5.43 Å². The first-order valence-corrected chi connectivity index (χ1v) is 14.8. The van der Waals surface area contributed by atoms with Gasteiger partial charge in [0.15, 0.2) is 11.0 Å². The normalized spacial score (nSPS) is 11.8. The molecule has 5 rings (SSSR count). The number of hydrogen-bond acceptors (Lipinski definition) is 6. The summed E-state index contributed by atoms with van der Waals surface area (Å²) < 4.78 is 3.87. The van der Waals surface area contributed by atoms with Gasteiger partial charge in [-0.15, -0.1) is 10.2 Å². The summed E-state index contributed by atoms with van der Waals surface area (Å²) in [7, 11) is 0. The highest BCUT2D eigenvalue weighted by atomic mass is 32.2. The van der Waals surface area contributed by atoms with E-state index in [-0.39, 0.29) is 17.1 Å². The van der Waals surface area contributed by atoms with Crippen molar-refractivity contribution < 1.29 is 4.79 Å². The van der Waals surface area contributed by atoms with Crippen LogP contribution in [0.5, 0.6) is 0 Å². The molecule has 0 aliphatic carbocycles. The summed E-state index contributed by atoms with van der Waals surface area (Å²) in [6, 6.07) is 26.5. The van der Waals surface area contributed by atoms with Gasteiger partial charge in [-0.3, -0.25) is 9.36 Å². The van der Waals surface area contributed by atoms with Crippen molar-refractivity contribution in [1.82, 2.24) is 30.0 Å². The fraction of sp³-hybridized carbons (Fsp3) is 0.242. The van der Waals surface area contributed by atoms with E-state index in [1.54, 1.807) is 6.21 Å². The first-order valence-electron chi connectivity index (χ1n) is 13.8. The van der Waals surface area contributed by atoms with Crippen molar-refractivity contribution in [2.24, 2.45) is 5.10 Å². The molecule has 9 heteroatoms. The molecule has 8 nitrogen and oxygen atoms in total. The van der Waals surface area contributed by atoms with E-state index in [0.717, 1.165) is 45.3 Å². The standard InChI is InChI=1S/C33H35N7OS/c1-22-12-18-27(19-13-22)39-31(25-14-16-26(17-15-25)33(4,5)6)36-37-32(39)42-21-30(41)35-34-20-29-23(2)38-40(24(29)3)28-10-8-7-9-11-28/h7-20H,21H2,1-6H3,(H,35,41). The van der Waals surface area contributed by atoms with Gasteiger partial charge in [0, 0.05) is 16.8 Å². The maximum atomic E-state index is 12.8. The van der Waals surface area contributed by atoms with E-state index in [4.69, 9.17) is 0 Å². The summed E-state index contributed by atoms with van der Waals surface area (Å²) in [6.45, 7) is 12.6. The zero-order valence-electron chi connectivity index (χ0n) is 24.8. The molecule has 0 saturated carbocycles. The number of para-hydroxylation sites is 1. The lowest BCUT2D eigenvalue weighted by atomic mass is 9.87. The van der Waals surface area contributed by atoms with Gasteiger partial charge in [-0.25, -0.2) is 10.1 Å². The highest BCUT2D eigenvalue weighted by Crippen LogP contribution is 2.30. The molecule has 0 aliphatic rings. The zero-order chi connectivity index (χ0) is 29.9. The van der Waals surface area contributed by atoms with Gasteiger partial charge < -0.3 is 0 Å². The van der Waals surface area contributed by atoms with Gasteiger partial charge in [0.2, 0.25) is 0 Å². The van der Waals surface area contributed by atoms with Crippen LogP contribution in [0.2, 0.25) is 0 Å². The largest absolute Gasteiger partial charge is 0.272 e. The van der Waals surface area contributed by atoms with Crippen LogP contribution in [0.1, 0.15) is 48.8 Å². The molecule has 42 heavy (non-hydrogen) atoms. The number of hydrogen-bond donors (Lipinski definition) is 1. The lowest BCUT2D eigenvalue weighted by molar-refractivity contribution is -0.118. The third-order valence-electron chi connectivity index (χ3n) is 7.00. The second kappa shape index (κ2) is 12.2. The molecule has 1 N–H and O–H groups in total. The first-order chi connectivity index (χ1) is 20.1. The minimum atomic E-state index is -0.239. The molecule has 1 amide bonds. The van der Waals surface area contributed by atoms with Crippen LogP contribution in [0.25, 0.3) is 22.8 Å². The summed E-state index contributed by atoms with van der Waals surface area (Å²) in [4.78, 5) is 12.8. The van der Waals surface area contributed by atoms with Crippen molar-refractivity contribution in [1.29, 1.82) is 0 Å². The fourth-order valence-corrected chi connectivity index (χ4v) is 5.33. The predicted octanol–water partition coefficient (Wildman–Crippen LogP) is 6.59. The summed E-state index contributed by atoms with van der Waals surface area (Å²) in [6.07, 6.45) is 1.65. The summed E-state index contributed by atoms with van der Waals surface area (Å²) in [5.41, 5.74) is 10.6. The van der Waals surface area contributed by atoms with Crippen LogP contribution in [0.4, 0.5) is 0 Å². The van der Waals surface area contributed by atoms with Gasteiger partial charge in [-0.2, -0.15) is 10.2 Å². The Kier molecular flexibility index (Phi) is 8.40. The summed E-state index contributed by atoms with van der Waals surface area (Å²) >= 11 is 1.32. The van der Waals surface area contributed by atoms with Crippen LogP contribution in [-0.2, 0) is 10.2 Å². The number of carbonyl (C=O) groups is 1. The number of nitrogens with zero attached hydrogens (tertiary/aromatic N) is 6. The van der Waals surface area contributed by atoms with E-state index in [1.165, 1.54) is 17.3 Å². The number of amides is 1. The zero-order valence-corrected chi connectivity index (χ0v) is 25.6. The molecule has 2 aromatic heterocycles. The number of carbonyl (C=O) groups excluding carboxylic acids is 1. The molecule has 0 aliphatic heterocycles. The lowest BCUT2D eigenvalue weighted by Gasteiger charge is -2.19. The third kappa shape index (κ3) is 6.36. The van der Waals surface area contributed by atoms with Crippen LogP contribution in [0.3, 0.4) is 0 Å². The van der Waals surface area contributed by atoms with Crippen molar-refractivity contribution in [3.05, 3.63) is 107 Å². The van der Waals surface area contributed by atoms with Crippen LogP contribution in [0.15, 0.2) is 89.1 Å². The van der Waals surface area contributed by atoms with Crippen LogP contribution in [-0.4, -0.2) is 42.4 Å². The van der Waals surface area contributed by atoms with Crippen LogP contribution >= 0.6 is 11.8 Å². The monoisotopic (exact) mass is 577 g/mol. The average Bonchev–Trinajstić information content (AvgIpc) is 3.53. The lowest BCUT2D eigenvalue weighted by Crippen LogP contribution is -2.20. The van der Waals surface area contributed by atoms with Crippen molar-refractivity contribution >= 4 is 23.9 Å². The van der Waals surface area contributed by atoms with Gasteiger partial charge in [0.1, 0.15) is 0 Å². The van der Waals surface area contributed by atoms with Crippen molar-refractivity contribution in [2.45, 2.75) is 52.1 Å². The molecule has 5 aromatic rings. The number of aryl methyl sites for hydroxylation is 2. The molecular weight excluding hydrogens is 542 g/mol. The molecule has 0 unspecified atom stereocenters. The maximum absolute atomic E-state index is 12.8. The van der Waals surface area contributed by atoms with E-state index in [9.17, 15) is 4.79 Å². The number of thioether (sulfide) groups is 1. The van der Waals surface area contributed by atoms with E-state index in [2.05, 4.69) is 89.9 Å². The van der Waals surface area contributed by atoms with Gasteiger partial charge in [-0.1, -0.05) is 92.7 Å². The summed E-state index contributed by atoms with van der Waals surface area (Å²) in [5, 5.41) is 18.5. The minimum absolute atomic E-state index is 0.0553. The molecule has 0 atom stereocenters. The topological polar surface area (TPSA) is 90.0 Å². The smallest absolute Gasteiger partial charge is 0.250 e. The molecule has 0 spiro atoms. The quantitative estimate of drug-likeness (QED) is 0.128. The SMILES string of the molecule is Cc1ccc(-n2c(SCC(=O)NN=Cc3c(C)nn(-c4ccccc4)c3C)nnc2-c2ccc(C(C)(C)C)cc2)cc1. The Balaban J connectivity index is 1.32. The third-order valence-corrected chi connectivity index (χ3v) is 7.93. The Hall–Kier alpha value is -4.50. The summed E-state index contributed by atoms with van der Waals surface area (Å²) in [5.74, 6) is 0.615. The highest BCUT2D eigenvalue weighted by Gasteiger charge is 2.19. The Morgan fingerprint density at radius 2 is 1.60 bits per heavy atom. The van der Waals surface area contributed by atoms with Crippen molar-refractivity contribution in [2.75, 3.05) is 5.75 Å². The van der Waals surface area contributed by atoms with E-state index < -0.39 is 0 Å². The fourth-order valence-electron chi connectivity index (χ4n) is 4.59. The highest BCUT2D eigenvalue weighted by molar-refractivity contribution is 7.99. The van der Waals surface area contributed by atoms with E-state index >= 15 is 0 Å². The second-order valence-electron chi connectivity index (χ2n) is 11.2. The molecule has 0 fully saturated rings. The van der Waals surface area contributed by atoms with Crippen LogP contribution in [0, 0.1) is 20.8 Å². The predicted molar refractivity (Wildman–Crippen MR) is 170 cm³/mol. The Morgan fingerprint density at radius 1 is 0.905 bits per heavy atom. The Bertz CT molecular complexity index is 1710. The molecule has 0 bridgehead atoms. The number of aromatic nitrogens is 5. The molecule has 0 saturated heterocycles. The minimum Gasteiger partial charge on any atom is -0.272 e. The number of nitrogens with one attached hydrogen (secondary N) is 1. The first kappa shape index (κ1) is 29.0. The molecule has 214 valence electrons. The number of rotatable bonds is 8. The molecular formula is C33H35N7OS. The average molecular weight is 578 g/mol. The van der Waals surface area contributed by atoms with E-state index in [1.807, 2.05) is 65.6 Å². The van der Waals surface area contributed by atoms with Gasteiger partial charge in [0.25, 0.3) is 5.91 Å².